The number of hydrogen-bond donors (Lipinski definition) is 1. The van der Waals surface area contributed by atoms with Gasteiger partial charge in [0, 0.05) is 12.4 Å². The van der Waals surface area contributed by atoms with Gasteiger partial charge in [-0.05, 0) is 12.1 Å². The third kappa shape index (κ3) is 1.28. The molecule has 3 heteroatoms. The maximum absolute atomic E-state index is 9.32. The predicted molar refractivity (Wildman–Crippen MR) is 49.0 cm³/mol. The van der Waals surface area contributed by atoms with Crippen LogP contribution in [0.4, 0.5) is 0 Å². The minimum Gasteiger partial charge on any atom is -0.374 e. The van der Waals surface area contributed by atoms with E-state index in [-0.39, 0.29) is 0 Å². The molecule has 64 valence electrons. The van der Waals surface area contributed by atoms with E-state index in [0.29, 0.717) is 5.69 Å². The molecule has 0 spiro atoms. The third-order valence-electron chi connectivity index (χ3n) is 1.82. The summed E-state index contributed by atoms with van der Waals surface area (Å²) < 4.78 is 1.82. The molecule has 0 aliphatic heterocycles. The van der Waals surface area contributed by atoms with Crippen LogP contribution in [-0.4, -0.2) is 14.5 Å². The van der Waals surface area contributed by atoms with E-state index in [9.17, 15) is 5.11 Å². The highest BCUT2D eigenvalue weighted by Crippen LogP contribution is 2.11. The Hall–Kier alpha value is -1.79. The van der Waals surface area contributed by atoms with Crippen LogP contribution in [0.15, 0.2) is 30.6 Å². The first kappa shape index (κ1) is 7.84. The maximum Gasteiger partial charge on any atom is 0.158 e. The molecule has 0 fully saturated rings. The Morgan fingerprint density at radius 1 is 1.54 bits per heavy atom. The Morgan fingerprint density at radius 2 is 2.38 bits per heavy atom. The zero-order valence-corrected chi connectivity index (χ0v) is 6.88. The van der Waals surface area contributed by atoms with E-state index in [1.165, 1.54) is 0 Å². The van der Waals surface area contributed by atoms with E-state index >= 15 is 0 Å². The largest absolute Gasteiger partial charge is 0.374 e. The topological polar surface area (TPSA) is 37.5 Å². The van der Waals surface area contributed by atoms with Crippen molar-refractivity contribution in [2.75, 3.05) is 0 Å². The Bertz CT molecular complexity index is 434. The van der Waals surface area contributed by atoms with Crippen molar-refractivity contribution in [2.45, 2.75) is 6.10 Å². The Balaban J connectivity index is 2.57. The summed E-state index contributed by atoms with van der Waals surface area (Å²) in [6, 6.07) is 5.63. The van der Waals surface area contributed by atoms with Crippen molar-refractivity contribution in [3.8, 4) is 12.3 Å². The van der Waals surface area contributed by atoms with Crippen LogP contribution in [0, 0.1) is 12.3 Å². The molecule has 0 saturated heterocycles. The quantitative estimate of drug-likeness (QED) is 0.651. The summed E-state index contributed by atoms with van der Waals surface area (Å²) in [6.07, 6.45) is 7.74. The Morgan fingerprint density at radius 3 is 3.08 bits per heavy atom. The zero-order chi connectivity index (χ0) is 9.26. The highest BCUT2D eigenvalue weighted by molar-refractivity contribution is 5.40. The van der Waals surface area contributed by atoms with E-state index < -0.39 is 6.10 Å². The van der Waals surface area contributed by atoms with Crippen LogP contribution in [-0.2, 0) is 0 Å². The van der Waals surface area contributed by atoms with Crippen LogP contribution in [0.3, 0.4) is 0 Å². The lowest BCUT2D eigenvalue weighted by molar-refractivity contribution is 0.234. The number of hydrogen-bond acceptors (Lipinski definition) is 2. The molecule has 2 rings (SSSR count). The first-order chi connectivity index (χ1) is 6.31. The normalized spacial score (nSPS) is 12.6. The van der Waals surface area contributed by atoms with Crippen molar-refractivity contribution in [2.24, 2.45) is 0 Å². The number of aromatic nitrogens is 2. The fourth-order valence-corrected chi connectivity index (χ4v) is 1.17. The summed E-state index contributed by atoms with van der Waals surface area (Å²) in [4.78, 5) is 4.15. The minimum absolute atomic E-state index is 0.508. The van der Waals surface area contributed by atoms with E-state index in [4.69, 9.17) is 6.42 Å². The van der Waals surface area contributed by atoms with Crippen molar-refractivity contribution in [3.05, 3.63) is 36.3 Å². The fourth-order valence-electron chi connectivity index (χ4n) is 1.17. The molecule has 0 bridgehead atoms. The van der Waals surface area contributed by atoms with Gasteiger partial charge < -0.3 is 9.51 Å². The highest BCUT2D eigenvalue weighted by atomic mass is 16.3. The van der Waals surface area contributed by atoms with Gasteiger partial charge in [-0.3, -0.25) is 0 Å². The molecule has 2 aromatic rings. The zero-order valence-electron chi connectivity index (χ0n) is 6.88. The first-order valence-electron chi connectivity index (χ1n) is 3.89. The van der Waals surface area contributed by atoms with Crippen LogP contribution in [0.25, 0.3) is 5.65 Å². The summed E-state index contributed by atoms with van der Waals surface area (Å²) in [5.74, 6) is 2.22. The number of terminal acetylenes is 1. The number of aliphatic hydroxyl groups excluding tert-OH is 1. The Labute approximate surface area is 75.7 Å². The lowest BCUT2D eigenvalue weighted by Gasteiger charge is -1.93. The highest BCUT2D eigenvalue weighted by Gasteiger charge is 2.07. The van der Waals surface area contributed by atoms with Gasteiger partial charge in [-0.2, -0.15) is 0 Å². The second-order valence-electron chi connectivity index (χ2n) is 2.70. The monoisotopic (exact) mass is 172 g/mol. The number of rotatable bonds is 1. The fraction of sp³-hybridized carbons (Fsp3) is 0.100. The molecule has 2 heterocycles. The van der Waals surface area contributed by atoms with Crippen molar-refractivity contribution >= 4 is 5.65 Å². The van der Waals surface area contributed by atoms with E-state index in [1.807, 2.05) is 28.8 Å². The van der Waals surface area contributed by atoms with Crippen LogP contribution >= 0.6 is 0 Å². The smallest absolute Gasteiger partial charge is 0.158 e. The second kappa shape index (κ2) is 2.92. The maximum atomic E-state index is 9.32. The third-order valence-corrected chi connectivity index (χ3v) is 1.82. The molecule has 0 saturated carbocycles. The summed E-state index contributed by atoms with van der Waals surface area (Å²) in [7, 11) is 0. The number of fused-ring (bicyclic) bond motifs is 1. The van der Waals surface area contributed by atoms with E-state index in [2.05, 4.69) is 10.9 Å². The van der Waals surface area contributed by atoms with Crippen molar-refractivity contribution in [1.82, 2.24) is 9.38 Å². The van der Waals surface area contributed by atoms with Gasteiger partial charge in [0.1, 0.15) is 11.3 Å². The summed E-state index contributed by atoms with van der Waals surface area (Å²) >= 11 is 0. The van der Waals surface area contributed by atoms with Crippen molar-refractivity contribution < 1.29 is 5.11 Å². The van der Waals surface area contributed by atoms with Gasteiger partial charge in [0.2, 0.25) is 0 Å². The SMILES string of the molecule is C#CC(O)c1cn2ccccc2n1. The molecule has 0 radical (unpaired) electrons. The van der Waals surface area contributed by atoms with Gasteiger partial charge in [0.05, 0.1) is 0 Å². The second-order valence-corrected chi connectivity index (χ2v) is 2.70. The average molecular weight is 172 g/mol. The van der Waals surface area contributed by atoms with Gasteiger partial charge in [-0.1, -0.05) is 12.0 Å². The summed E-state index contributed by atoms with van der Waals surface area (Å²) in [6.45, 7) is 0. The van der Waals surface area contributed by atoms with Crippen LogP contribution in [0.1, 0.15) is 11.8 Å². The molecular weight excluding hydrogens is 164 g/mol. The molecule has 1 unspecified atom stereocenters. The predicted octanol–water partition coefficient (Wildman–Crippen LogP) is 1.00. The molecule has 0 amide bonds. The number of aliphatic hydroxyl groups is 1. The molecule has 0 aliphatic carbocycles. The lowest BCUT2D eigenvalue weighted by Crippen LogP contribution is -1.92. The van der Waals surface area contributed by atoms with Crippen LogP contribution in [0.5, 0.6) is 0 Å². The van der Waals surface area contributed by atoms with Gasteiger partial charge in [0.25, 0.3) is 0 Å². The number of nitrogens with zero attached hydrogens (tertiary/aromatic N) is 2. The molecule has 13 heavy (non-hydrogen) atoms. The van der Waals surface area contributed by atoms with Gasteiger partial charge in [-0.25, -0.2) is 4.98 Å². The summed E-state index contributed by atoms with van der Waals surface area (Å²) in [5, 5.41) is 9.32. The standard InChI is InChI=1S/C10H8N2O/c1-2-9(13)8-7-12-6-4-3-5-10(12)11-8/h1,3-7,9,13H. The lowest BCUT2D eigenvalue weighted by atomic mass is 10.3. The van der Waals surface area contributed by atoms with Crippen LogP contribution < -0.4 is 0 Å². The molecule has 3 nitrogen and oxygen atoms in total. The van der Waals surface area contributed by atoms with Gasteiger partial charge >= 0.3 is 0 Å². The van der Waals surface area contributed by atoms with E-state index in [0.717, 1.165) is 5.65 Å². The van der Waals surface area contributed by atoms with E-state index in [1.54, 1.807) is 6.20 Å². The molecule has 1 N–H and O–H groups in total. The summed E-state index contributed by atoms with van der Waals surface area (Å²) in [5.41, 5.74) is 1.29. The number of pyridine rings is 1. The van der Waals surface area contributed by atoms with Crippen molar-refractivity contribution in [3.63, 3.8) is 0 Å². The molecule has 2 aromatic heterocycles. The Kier molecular flexibility index (Phi) is 1.76. The minimum atomic E-state index is -0.917. The molecule has 1 atom stereocenters. The van der Waals surface area contributed by atoms with Gasteiger partial charge in [-0.15, -0.1) is 6.42 Å². The average Bonchev–Trinajstić information content (AvgIpc) is 2.59. The molecule has 0 aromatic carbocycles. The van der Waals surface area contributed by atoms with Gasteiger partial charge in [0.15, 0.2) is 6.10 Å². The van der Waals surface area contributed by atoms with Crippen LogP contribution in [0.2, 0.25) is 0 Å². The molecular formula is C10H8N2O. The van der Waals surface area contributed by atoms with Crippen molar-refractivity contribution in [1.29, 1.82) is 0 Å². The number of imidazole rings is 1. The molecule has 0 aliphatic rings. The first-order valence-corrected chi connectivity index (χ1v) is 3.89.